The predicted molar refractivity (Wildman–Crippen MR) is 107 cm³/mol. The lowest BCUT2D eigenvalue weighted by molar-refractivity contribution is -0.127. The van der Waals surface area contributed by atoms with Crippen LogP contribution in [0.2, 0.25) is 5.02 Å². The van der Waals surface area contributed by atoms with E-state index in [9.17, 15) is 9.59 Å². The van der Waals surface area contributed by atoms with Gasteiger partial charge >= 0.3 is 0 Å². The van der Waals surface area contributed by atoms with Crippen LogP contribution < -0.4 is 15.4 Å². The predicted octanol–water partition coefficient (Wildman–Crippen LogP) is 3.52. The van der Waals surface area contributed by atoms with Gasteiger partial charge in [-0.15, -0.1) is 0 Å². The number of hydrogen-bond acceptors (Lipinski definition) is 3. The minimum absolute atomic E-state index is 0.0637. The van der Waals surface area contributed by atoms with Crippen LogP contribution in [0, 0.1) is 5.92 Å². The van der Waals surface area contributed by atoms with Crippen LogP contribution in [0.5, 0.6) is 5.75 Å². The summed E-state index contributed by atoms with van der Waals surface area (Å²) in [6.45, 7) is 4.29. The summed E-state index contributed by atoms with van der Waals surface area (Å²) in [7, 11) is 1.60. The Morgan fingerprint density at radius 3 is 2.19 bits per heavy atom. The minimum atomic E-state index is -0.333. The molecule has 2 aromatic carbocycles. The lowest BCUT2D eigenvalue weighted by Crippen LogP contribution is -2.39. The molecule has 0 aliphatic heterocycles. The molecule has 1 atom stereocenters. The zero-order valence-electron chi connectivity index (χ0n) is 15.8. The van der Waals surface area contributed by atoms with Gasteiger partial charge in [0.2, 0.25) is 11.8 Å². The Morgan fingerprint density at radius 1 is 1.00 bits per heavy atom. The van der Waals surface area contributed by atoms with E-state index in [1.165, 1.54) is 0 Å². The molecule has 0 fully saturated rings. The molecule has 0 spiro atoms. The van der Waals surface area contributed by atoms with Crippen molar-refractivity contribution in [1.82, 2.24) is 10.6 Å². The monoisotopic (exact) mass is 388 g/mol. The molecule has 144 valence electrons. The maximum atomic E-state index is 12.6. The molecule has 0 radical (unpaired) electrons. The topological polar surface area (TPSA) is 67.4 Å². The van der Waals surface area contributed by atoms with E-state index < -0.39 is 0 Å². The lowest BCUT2D eigenvalue weighted by Gasteiger charge is -2.21. The summed E-state index contributed by atoms with van der Waals surface area (Å²) in [5, 5.41) is 6.17. The number of carbonyl (C=O) groups is 2. The molecule has 0 heterocycles. The molecule has 0 saturated heterocycles. The van der Waals surface area contributed by atoms with Gasteiger partial charge < -0.3 is 15.4 Å². The van der Waals surface area contributed by atoms with E-state index in [1.54, 1.807) is 19.2 Å². The number of methoxy groups -OCH3 is 1. The van der Waals surface area contributed by atoms with E-state index in [0.717, 1.165) is 16.9 Å². The van der Waals surface area contributed by atoms with Crippen LogP contribution in [0.3, 0.4) is 0 Å². The highest BCUT2D eigenvalue weighted by molar-refractivity contribution is 6.30. The second-order valence-corrected chi connectivity index (χ2v) is 7.05. The molecule has 0 aliphatic rings. The van der Waals surface area contributed by atoms with Crippen LogP contribution in [-0.2, 0) is 16.1 Å². The minimum Gasteiger partial charge on any atom is -0.497 e. The second kappa shape index (κ2) is 9.97. The normalized spacial score (nSPS) is 11.7. The van der Waals surface area contributed by atoms with E-state index in [-0.39, 0.29) is 30.2 Å². The number of rotatable bonds is 8. The SMILES string of the molecule is COc1ccc(C(C(=O)NCC(=O)NCc2ccc(Cl)cc2)C(C)C)cc1. The number of benzene rings is 2. The van der Waals surface area contributed by atoms with Crippen LogP contribution >= 0.6 is 11.6 Å². The standard InChI is InChI=1S/C21H25ClN2O3/c1-14(2)20(16-6-10-18(27-3)11-7-16)21(26)24-13-19(25)23-12-15-4-8-17(22)9-5-15/h4-11,14,20H,12-13H2,1-3H3,(H,23,25)(H,24,26). The van der Waals surface area contributed by atoms with Crippen molar-refractivity contribution in [3.63, 3.8) is 0 Å². The molecule has 0 aromatic heterocycles. The van der Waals surface area contributed by atoms with Gasteiger partial charge in [-0.3, -0.25) is 9.59 Å². The number of halogens is 1. The highest BCUT2D eigenvalue weighted by atomic mass is 35.5. The van der Waals surface area contributed by atoms with Gasteiger partial charge in [0.1, 0.15) is 5.75 Å². The Bertz CT molecular complexity index is 758. The Morgan fingerprint density at radius 2 is 1.63 bits per heavy atom. The fourth-order valence-electron chi connectivity index (χ4n) is 2.79. The van der Waals surface area contributed by atoms with Crippen LogP contribution in [0.1, 0.15) is 30.9 Å². The van der Waals surface area contributed by atoms with Crippen LogP contribution in [0.25, 0.3) is 0 Å². The molecule has 5 nitrogen and oxygen atoms in total. The van der Waals surface area contributed by atoms with Crippen molar-refractivity contribution >= 4 is 23.4 Å². The summed E-state index contributed by atoms with van der Waals surface area (Å²) >= 11 is 5.84. The van der Waals surface area contributed by atoms with Crippen molar-refractivity contribution in [2.45, 2.75) is 26.3 Å². The number of hydrogen-bond donors (Lipinski definition) is 2. The molecule has 2 rings (SSSR count). The second-order valence-electron chi connectivity index (χ2n) is 6.62. The van der Waals surface area contributed by atoms with Gasteiger partial charge in [0, 0.05) is 11.6 Å². The summed E-state index contributed by atoms with van der Waals surface area (Å²) in [4.78, 5) is 24.7. The zero-order chi connectivity index (χ0) is 19.8. The first-order valence-electron chi connectivity index (χ1n) is 8.83. The maximum Gasteiger partial charge on any atom is 0.239 e. The number of nitrogens with one attached hydrogen (secondary N) is 2. The fraction of sp³-hybridized carbons (Fsp3) is 0.333. The molecule has 0 bridgehead atoms. The number of ether oxygens (including phenoxy) is 1. The summed E-state index contributed by atoms with van der Waals surface area (Å²) in [5.74, 6) is 0.0890. The highest BCUT2D eigenvalue weighted by Gasteiger charge is 2.24. The third kappa shape index (κ3) is 6.29. The van der Waals surface area contributed by atoms with Gasteiger partial charge in [-0.2, -0.15) is 0 Å². The van der Waals surface area contributed by atoms with E-state index >= 15 is 0 Å². The molecule has 2 amide bonds. The average molecular weight is 389 g/mol. The number of amides is 2. The van der Waals surface area contributed by atoms with Crippen LogP contribution in [0.15, 0.2) is 48.5 Å². The molecule has 6 heteroatoms. The lowest BCUT2D eigenvalue weighted by atomic mass is 9.87. The molecular weight excluding hydrogens is 364 g/mol. The van der Waals surface area contributed by atoms with Gasteiger partial charge in [0.05, 0.1) is 19.6 Å². The molecule has 27 heavy (non-hydrogen) atoms. The van der Waals surface area contributed by atoms with Crippen molar-refractivity contribution < 1.29 is 14.3 Å². The van der Waals surface area contributed by atoms with E-state index in [1.807, 2.05) is 50.2 Å². The van der Waals surface area contributed by atoms with Crippen molar-refractivity contribution in [2.75, 3.05) is 13.7 Å². The first-order chi connectivity index (χ1) is 12.9. The molecule has 0 saturated carbocycles. The zero-order valence-corrected chi connectivity index (χ0v) is 16.5. The molecule has 1 unspecified atom stereocenters. The quantitative estimate of drug-likeness (QED) is 0.727. The van der Waals surface area contributed by atoms with Crippen molar-refractivity contribution in [2.24, 2.45) is 5.92 Å². The average Bonchev–Trinajstić information content (AvgIpc) is 2.66. The first kappa shape index (κ1) is 20.8. The fourth-order valence-corrected chi connectivity index (χ4v) is 2.92. The van der Waals surface area contributed by atoms with Crippen molar-refractivity contribution in [1.29, 1.82) is 0 Å². The summed E-state index contributed by atoms with van der Waals surface area (Å²) in [5.41, 5.74) is 1.84. The number of carbonyl (C=O) groups excluding carboxylic acids is 2. The van der Waals surface area contributed by atoms with Crippen LogP contribution in [-0.4, -0.2) is 25.5 Å². The Hall–Kier alpha value is -2.53. The van der Waals surface area contributed by atoms with E-state index in [2.05, 4.69) is 10.6 Å². The van der Waals surface area contributed by atoms with E-state index in [4.69, 9.17) is 16.3 Å². The Balaban J connectivity index is 1.88. The third-order valence-corrected chi connectivity index (χ3v) is 4.50. The van der Waals surface area contributed by atoms with Gasteiger partial charge in [-0.25, -0.2) is 0 Å². The van der Waals surface area contributed by atoms with Crippen molar-refractivity contribution in [3.05, 3.63) is 64.7 Å². The largest absolute Gasteiger partial charge is 0.497 e. The van der Waals surface area contributed by atoms with Crippen molar-refractivity contribution in [3.8, 4) is 5.75 Å². The van der Waals surface area contributed by atoms with Crippen LogP contribution in [0.4, 0.5) is 0 Å². The maximum absolute atomic E-state index is 12.6. The summed E-state index contributed by atoms with van der Waals surface area (Å²) in [6.07, 6.45) is 0. The Labute approximate surface area is 165 Å². The highest BCUT2D eigenvalue weighted by Crippen LogP contribution is 2.26. The summed E-state index contributed by atoms with van der Waals surface area (Å²) in [6, 6.07) is 14.7. The third-order valence-electron chi connectivity index (χ3n) is 4.25. The van der Waals surface area contributed by atoms with Gasteiger partial charge in [0.15, 0.2) is 0 Å². The van der Waals surface area contributed by atoms with Gasteiger partial charge in [0.25, 0.3) is 0 Å². The Kier molecular flexibility index (Phi) is 7.67. The van der Waals surface area contributed by atoms with Gasteiger partial charge in [-0.1, -0.05) is 49.7 Å². The first-order valence-corrected chi connectivity index (χ1v) is 9.21. The molecule has 0 aliphatic carbocycles. The molecular formula is C21H25ClN2O3. The summed E-state index contributed by atoms with van der Waals surface area (Å²) < 4.78 is 5.16. The molecule has 2 aromatic rings. The van der Waals surface area contributed by atoms with E-state index in [0.29, 0.717) is 11.6 Å². The molecule has 2 N–H and O–H groups in total. The smallest absolute Gasteiger partial charge is 0.239 e. The van der Waals surface area contributed by atoms with Gasteiger partial charge in [-0.05, 0) is 41.3 Å².